The van der Waals surface area contributed by atoms with Gasteiger partial charge in [-0.1, -0.05) is 24.3 Å². The molecule has 0 bridgehead atoms. The van der Waals surface area contributed by atoms with Gasteiger partial charge < -0.3 is 60.4 Å². The Morgan fingerprint density at radius 1 is 0.957 bits per heavy atom. The highest BCUT2D eigenvalue weighted by Crippen LogP contribution is 2.57. The predicted molar refractivity (Wildman–Crippen MR) is 163 cm³/mol. The van der Waals surface area contributed by atoms with Gasteiger partial charge in [-0.2, -0.15) is 0 Å². The number of fused-ring (bicyclic) bond motifs is 3. The van der Waals surface area contributed by atoms with Crippen LogP contribution in [0.5, 0.6) is 23.0 Å². The van der Waals surface area contributed by atoms with Crippen LogP contribution in [-0.4, -0.2) is 84.2 Å². The summed E-state index contributed by atoms with van der Waals surface area (Å²) in [5.74, 6) is -0.425. The molecule has 6 rings (SSSR count). The Morgan fingerprint density at radius 3 is 2.33 bits per heavy atom. The molecule has 9 N–H and O–H groups in total. The van der Waals surface area contributed by atoms with Crippen LogP contribution in [0.1, 0.15) is 83.9 Å². The zero-order valence-corrected chi connectivity index (χ0v) is 25.8. The van der Waals surface area contributed by atoms with Crippen LogP contribution < -0.4 is 10.1 Å². The van der Waals surface area contributed by atoms with E-state index < -0.39 is 66.1 Å². The smallest absolute Gasteiger partial charge is 0.160 e. The largest absolute Gasteiger partial charge is 0.508 e. The van der Waals surface area contributed by atoms with Crippen LogP contribution in [0.15, 0.2) is 42.5 Å². The molecule has 12 heteroatoms. The Kier molecular flexibility index (Phi) is 8.68. The van der Waals surface area contributed by atoms with E-state index >= 15 is 0 Å². The third-order valence-corrected chi connectivity index (χ3v) is 9.75. The van der Waals surface area contributed by atoms with E-state index in [9.17, 15) is 40.9 Å². The van der Waals surface area contributed by atoms with E-state index in [1.165, 1.54) is 14.0 Å². The topological polar surface area (TPSA) is 202 Å². The quantitative estimate of drug-likeness (QED) is 0.171. The van der Waals surface area contributed by atoms with Gasteiger partial charge in [0, 0.05) is 59.7 Å². The number of hydrogen-bond acceptors (Lipinski definition) is 12. The predicted octanol–water partition coefficient (Wildman–Crippen LogP) is 2.06. The van der Waals surface area contributed by atoms with Crippen LogP contribution in [0, 0.1) is 0 Å². The number of aliphatic hydroxyl groups excluding tert-OH is 4. The van der Waals surface area contributed by atoms with Gasteiger partial charge in [-0.15, -0.1) is 0 Å². The highest BCUT2D eigenvalue weighted by molar-refractivity contribution is 5.68. The summed E-state index contributed by atoms with van der Waals surface area (Å²) in [6, 6.07) is 11.0. The molecule has 4 unspecified atom stereocenters. The first-order valence-electron chi connectivity index (χ1n) is 15.4. The van der Waals surface area contributed by atoms with E-state index in [1.807, 2.05) is 0 Å². The highest BCUT2D eigenvalue weighted by atomic mass is 16.7. The van der Waals surface area contributed by atoms with Crippen molar-refractivity contribution in [2.45, 2.75) is 94.2 Å². The molecule has 3 aromatic carbocycles. The monoisotopic (exact) mass is 639 g/mol. The zero-order valence-electron chi connectivity index (χ0n) is 25.8. The SMILES string of the molecule is COc1cccc2c1C(O)c1c(O)c3c(c(O)c1C2O)C[C@@](O)(C(C)O)C[C@@H]3OC1C[C@H](NCc2ccc(O)cc2)[C@H](O)[C@H](C)O1. The second-order valence-electron chi connectivity index (χ2n) is 12.6. The van der Waals surface area contributed by atoms with Gasteiger partial charge in [0.05, 0.1) is 37.1 Å². The number of phenols is 3. The number of rotatable bonds is 7. The van der Waals surface area contributed by atoms with Crippen molar-refractivity contribution in [1.82, 2.24) is 5.32 Å². The van der Waals surface area contributed by atoms with E-state index in [1.54, 1.807) is 49.4 Å². The maximum atomic E-state index is 11.8. The van der Waals surface area contributed by atoms with E-state index in [-0.39, 0.29) is 64.1 Å². The summed E-state index contributed by atoms with van der Waals surface area (Å²) in [5.41, 5.74) is -0.422. The van der Waals surface area contributed by atoms with Crippen molar-refractivity contribution in [3.8, 4) is 23.0 Å². The fourth-order valence-corrected chi connectivity index (χ4v) is 7.11. The molecule has 0 aromatic heterocycles. The Hall–Kier alpha value is -3.46. The zero-order chi connectivity index (χ0) is 33.1. The molecule has 0 amide bonds. The van der Waals surface area contributed by atoms with Crippen molar-refractivity contribution in [2.75, 3.05) is 7.11 Å². The summed E-state index contributed by atoms with van der Waals surface area (Å²) in [6.45, 7) is 3.50. The van der Waals surface area contributed by atoms with E-state index in [0.717, 1.165) is 5.56 Å². The van der Waals surface area contributed by atoms with Crippen molar-refractivity contribution in [3.63, 3.8) is 0 Å². The number of ether oxygens (including phenoxy) is 3. The molecule has 1 heterocycles. The minimum atomic E-state index is -1.79. The minimum absolute atomic E-state index is 0.0689. The van der Waals surface area contributed by atoms with Gasteiger partial charge in [-0.05, 0) is 43.2 Å². The number of phenolic OH excluding ortho intramolecular Hbond substituents is 3. The lowest BCUT2D eigenvalue weighted by Gasteiger charge is -2.45. The number of hydrogen-bond donors (Lipinski definition) is 9. The van der Waals surface area contributed by atoms with Crippen molar-refractivity contribution in [1.29, 1.82) is 0 Å². The highest BCUT2D eigenvalue weighted by Gasteiger charge is 2.49. The number of aromatic hydroxyl groups is 3. The van der Waals surface area contributed by atoms with Gasteiger partial charge >= 0.3 is 0 Å². The molecule has 3 aliphatic rings. The lowest BCUT2D eigenvalue weighted by molar-refractivity contribution is -0.253. The third-order valence-electron chi connectivity index (χ3n) is 9.75. The first-order chi connectivity index (χ1) is 21.8. The summed E-state index contributed by atoms with van der Waals surface area (Å²) in [7, 11) is 1.42. The number of methoxy groups -OCH3 is 1. The van der Waals surface area contributed by atoms with Crippen molar-refractivity contribution < 1.29 is 55.1 Å². The van der Waals surface area contributed by atoms with Gasteiger partial charge in [0.25, 0.3) is 0 Å². The van der Waals surface area contributed by atoms with E-state index in [0.29, 0.717) is 6.54 Å². The molecule has 46 heavy (non-hydrogen) atoms. The number of benzene rings is 3. The van der Waals surface area contributed by atoms with Crippen LogP contribution >= 0.6 is 0 Å². The lowest BCUT2D eigenvalue weighted by Crippen LogP contribution is -2.54. The Morgan fingerprint density at radius 2 is 1.65 bits per heavy atom. The Bertz CT molecular complexity index is 1600. The van der Waals surface area contributed by atoms with Crippen LogP contribution in [-0.2, 0) is 22.4 Å². The Labute approximate surface area is 266 Å². The number of nitrogens with one attached hydrogen (secondary N) is 1. The summed E-state index contributed by atoms with van der Waals surface area (Å²) < 4.78 is 17.8. The molecule has 2 aliphatic carbocycles. The molecule has 1 aliphatic heterocycles. The molecule has 12 nitrogen and oxygen atoms in total. The molecule has 0 radical (unpaired) electrons. The molecule has 0 saturated carbocycles. The van der Waals surface area contributed by atoms with Gasteiger partial charge in [-0.3, -0.25) is 0 Å². The second-order valence-corrected chi connectivity index (χ2v) is 12.6. The average Bonchev–Trinajstić information content (AvgIpc) is 3.02. The molecule has 0 spiro atoms. The molecular weight excluding hydrogens is 598 g/mol. The summed E-state index contributed by atoms with van der Waals surface area (Å²) in [6.07, 6.45) is -8.10. The summed E-state index contributed by atoms with van der Waals surface area (Å²) in [4.78, 5) is 0. The molecular formula is C34H41NO11. The van der Waals surface area contributed by atoms with E-state index in [2.05, 4.69) is 5.32 Å². The first-order valence-corrected chi connectivity index (χ1v) is 15.4. The summed E-state index contributed by atoms with van der Waals surface area (Å²) in [5, 5.41) is 92.4. The van der Waals surface area contributed by atoms with Crippen molar-refractivity contribution in [3.05, 3.63) is 81.4 Å². The van der Waals surface area contributed by atoms with Gasteiger partial charge in [0.1, 0.15) is 35.2 Å². The molecule has 9 atom stereocenters. The maximum Gasteiger partial charge on any atom is 0.160 e. The first kappa shape index (κ1) is 32.5. The molecule has 248 valence electrons. The Balaban J connectivity index is 1.37. The lowest BCUT2D eigenvalue weighted by atomic mass is 9.71. The standard InChI is InChI=1S/C34H41NO11/c1-15-29(38)21(35-14-17-7-9-18(37)10-8-17)11-24(45-15)46-23-13-34(43,16(2)36)12-20-26(23)33(42)28-27(31(20)40)30(39)19-5-4-6-22(44-3)25(19)32(28)41/h4-10,15-16,21,23-24,29-30,32,35-43H,11-14H2,1-3H3/t15-,16?,21-,23-,24?,29+,30?,32?,34-/m0/s1. The van der Waals surface area contributed by atoms with Gasteiger partial charge in [0.2, 0.25) is 0 Å². The van der Waals surface area contributed by atoms with Crippen LogP contribution in [0.2, 0.25) is 0 Å². The maximum absolute atomic E-state index is 11.8. The van der Waals surface area contributed by atoms with Gasteiger partial charge in [-0.25, -0.2) is 0 Å². The van der Waals surface area contributed by atoms with Gasteiger partial charge in [0.15, 0.2) is 6.29 Å². The van der Waals surface area contributed by atoms with Crippen molar-refractivity contribution >= 4 is 0 Å². The second kappa shape index (κ2) is 12.3. The average molecular weight is 640 g/mol. The normalized spacial score (nSPS) is 31.0. The molecule has 1 saturated heterocycles. The molecule has 3 aromatic rings. The van der Waals surface area contributed by atoms with Crippen LogP contribution in [0.25, 0.3) is 0 Å². The van der Waals surface area contributed by atoms with Crippen LogP contribution in [0.4, 0.5) is 0 Å². The fraction of sp³-hybridized carbons (Fsp3) is 0.471. The third kappa shape index (κ3) is 5.48. The summed E-state index contributed by atoms with van der Waals surface area (Å²) >= 11 is 0. The van der Waals surface area contributed by atoms with Crippen LogP contribution in [0.3, 0.4) is 0 Å². The minimum Gasteiger partial charge on any atom is -0.508 e. The molecule has 1 fully saturated rings. The van der Waals surface area contributed by atoms with E-state index in [4.69, 9.17) is 14.2 Å². The fourth-order valence-electron chi connectivity index (χ4n) is 7.11. The van der Waals surface area contributed by atoms with Crippen molar-refractivity contribution in [2.24, 2.45) is 0 Å². The number of aliphatic hydroxyl groups is 5.